The molecule has 0 fully saturated rings. The summed E-state index contributed by atoms with van der Waals surface area (Å²) in [6, 6.07) is 23.1. The number of benzene rings is 3. The van der Waals surface area contributed by atoms with Crippen molar-refractivity contribution < 1.29 is 24.2 Å². The van der Waals surface area contributed by atoms with Crippen LogP contribution in [0.15, 0.2) is 72.8 Å². The fourth-order valence-corrected chi connectivity index (χ4v) is 4.08. The first-order valence-electron chi connectivity index (χ1n) is 12.4. The number of hydrogen-bond acceptors (Lipinski definition) is 4. The highest BCUT2D eigenvalue weighted by molar-refractivity contribution is 5.89. The van der Waals surface area contributed by atoms with Gasteiger partial charge in [-0.3, -0.25) is 0 Å². The molecule has 0 spiro atoms. The number of carboxylic acids is 1. The lowest BCUT2D eigenvalue weighted by Crippen LogP contribution is -2.39. The third kappa shape index (κ3) is 8.36. The van der Waals surface area contributed by atoms with Gasteiger partial charge in [0.05, 0.1) is 6.61 Å². The minimum atomic E-state index is -1.28. The van der Waals surface area contributed by atoms with Gasteiger partial charge in [0.15, 0.2) is 5.60 Å². The Hall–Kier alpha value is -3.84. The van der Waals surface area contributed by atoms with Crippen molar-refractivity contribution in [3.63, 3.8) is 0 Å². The first-order valence-corrected chi connectivity index (χ1v) is 12.4. The Morgan fingerprint density at radius 1 is 0.946 bits per heavy atom. The summed E-state index contributed by atoms with van der Waals surface area (Å²) in [7, 11) is 1.40. The SMILES string of the molecule is COC(C)(Cc1ccc(OCCCN(Cc2ccccc2)C(=O)Nc2cc(C)cc(C)c2)cc1)C(=O)O. The van der Waals surface area contributed by atoms with Crippen molar-refractivity contribution in [2.24, 2.45) is 0 Å². The lowest BCUT2D eigenvalue weighted by molar-refractivity contribution is -0.159. The molecule has 3 aromatic carbocycles. The van der Waals surface area contributed by atoms with E-state index in [0.29, 0.717) is 31.9 Å². The predicted molar refractivity (Wildman–Crippen MR) is 145 cm³/mol. The minimum Gasteiger partial charge on any atom is -0.494 e. The lowest BCUT2D eigenvalue weighted by Gasteiger charge is -2.24. The first kappa shape index (κ1) is 27.7. The molecule has 3 rings (SSSR count). The molecule has 37 heavy (non-hydrogen) atoms. The molecule has 0 aromatic heterocycles. The van der Waals surface area contributed by atoms with Crippen LogP contribution >= 0.6 is 0 Å². The van der Waals surface area contributed by atoms with Crippen LogP contribution in [0.1, 0.15) is 35.6 Å². The molecule has 2 amide bonds. The van der Waals surface area contributed by atoms with Crippen LogP contribution in [0.2, 0.25) is 0 Å². The monoisotopic (exact) mass is 504 g/mol. The van der Waals surface area contributed by atoms with Crippen LogP contribution in [0.4, 0.5) is 10.5 Å². The Labute approximate surface area is 219 Å². The summed E-state index contributed by atoms with van der Waals surface area (Å²) in [4.78, 5) is 26.4. The zero-order chi connectivity index (χ0) is 26.8. The number of anilines is 1. The Morgan fingerprint density at radius 2 is 1.59 bits per heavy atom. The molecule has 0 aliphatic carbocycles. The van der Waals surface area contributed by atoms with Gasteiger partial charge in [-0.15, -0.1) is 0 Å². The molecule has 196 valence electrons. The molecule has 0 bridgehead atoms. The molecule has 7 heteroatoms. The van der Waals surface area contributed by atoms with Gasteiger partial charge in [-0.1, -0.05) is 48.5 Å². The molecule has 2 N–H and O–H groups in total. The number of ether oxygens (including phenoxy) is 2. The van der Waals surface area contributed by atoms with Crippen LogP contribution in [0.3, 0.4) is 0 Å². The van der Waals surface area contributed by atoms with Gasteiger partial charge in [0.2, 0.25) is 0 Å². The maximum atomic E-state index is 13.1. The number of amides is 2. The lowest BCUT2D eigenvalue weighted by atomic mass is 9.96. The van der Waals surface area contributed by atoms with E-state index in [0.717, 1.165) is 27.9 Å². The Kier molecular flexibility index (Phi) is 9.69. The zero-order valence-electron chi connectivity index (χ0n) is 22.0. The topological polar surface area (TPSA) is 88.1 Å². The number of carboxylic acid groups (broad SMARTS) is 1. The fraction of sp³-hybridized carbons (Fsp3) is 0.333. The van der Waals surface area contributed by atoms with E-state index in [1.165, 1.54) is 7.11 Å². The van der Waals surface area contributed by atoms with Gasteiger partial charge in [-0.2, -0.15) is 0 Å². The number of aryl methyl sites for hydroxylation is 2. The van der Waals surface area contributed by atoms with E-state index >= 15 is 0 Å². The van der Waals surface area contributed by atoms with E-state index in [9.17, 15) is 14.7 Å². The summed E-state index contributed by atoms with van der Waals surface area (Å²) in [6.45, 7) is 7.03. The van der Waals surface area contributed by atoms with Crippen molar-refractivity contribution in [1.82, 2.24) is 4.90 Å². The number of nitrogens with one attached hydrogen (secondary N) is 1. The van der Waals surface area contributed by atoms with Gasteiger partial charge in [0, 0.05) is 32.3 Å². The third-order valence-corrected chi connectivity index (χ3v) is 6.19. The minimum absolute atomic E-state index is 0.155. The van der Waals surface area contributed by atoms with E-state index in [-0.39, 0.29) is 12.5 Å². The number of carbonyl (C=O) groups excluding carboxylic acids is 1. The number of nitrogens with zero attached hydrogens (tertiary/aromatic N) is 1. The number of rotatable bonds is 12. The van der Waals surface area contributed by atoms with Crippen LogP contribution in [-0.2, 0) is 22.5 Å². The Balaban J connectivity index is 1.57. The number of urea groups is 1. The molecule has 0 saturated heterocycles. The number of hydrogen-bond donors (Lipinski definition) is 2. The smallest absolute Gasteiger partial charge is 0.336 e. The Morgan fingerprint density at radius 3 is 2.19 bits per heavy atom. The van der Waals surface area contributed by atoms with Gasteiger partial charge in [0.1, 0.15) is 5.75 Å². The standard InChI is InChI=1S/C30H36N2O5/c1-22-17-23(2)19-26(18-22)31-29(35)32(21-25-9-6-5-7-10-25)15-8-16-37-27-13-11-24(12-14-27)20-30(3,36-4)28(33)34/h5-7,9-14,17-19H,8,15-16,20-21H2,1-4H3,(H,31,35)(H,33,34). The highest BCUT2D eigenvalue weighted by atomic mass is 16.5. The fourth-order valence-electron chi connectivity index (χ4n) is 4.08. The summed E-state index contributed by atoms with van der Waals surface area (Å²) in [6.07, 6.45) is 0.902. The molecule has 3 aromatic rings. The zero-order valence-corrected chi connectivity index (χ0v) is 22.0. The maximum Gasteiger partial charge on any atom is 0.336 e. The van der Waals surface area contributed by atoms with E-state index in [1.807, 2.05) is 80.6 Å². The number of methoxy groups -OCH3 is 1. The second-order valence-electron chi connectivity index (χ2n) is 9.48. The summed E-state index contributed by atoms with van der Waals surface area (Å²) < 4.78 is 11.1. The van der Waals surface area contributed by atoms with Gasteiger partial charge in [-0.05, 0) is 73.7 Å². The molecule has 7 nitrogen and oxygen atoms in total. The maximum absolute atomic E-state index is 13.1. The summed E-state index contributed by atoms with van der Waals surface area (Å²) in [5, 5.41) is 12.4. The molecule has 0 aliphatic heterocycles. The second kappa shape index (κ2) is 12.9. The van der Waals surface area contributed by atoms with Crippen LogP contribution in [0.25, 0.3) is 0 Å². The molecule has 0 aliphatic rings. The van der Waals surface area contributed by atoms with Gasteiger partial charge in [0.25, 0.3) is 0 Å². The van der Waals surface area contributed by atoms with Crippen molar-refractivity contribution in [3.8, 4) is 5.75 Å². The first-order chi connectivity index (χ1) is 17.7. The van der Waals surface area contributed by atoms with Crippen molar-refractivity contribution in [1.29, 1.82) is 0 Å². The van der Waals surface area contributed by atoms with E-state index in [1.54, 1.807) is 11.8 Å². The van der Waals surface area contributed by atoms with Crippen molar-refractivity contribution in [3.05, 3.63) is 95.1 Å². The molecular formula is C30H36N2O5. The van der Waals surface area contributed by atoms with E-state index in [4.69, 9.17) is 9.47 Å². The average molecular weight is 505 g/mol. The second-order valence-corrected chi connectivity index (χ2v) is 9.48. The molecule has 1 unspecified atom stereocenters. The highest BCUT2D eigenvalue weighted by Crippen LogP contribution is 2.20. The molecular weight excluding hydrogens is 468 g/mol. The van der Waals surface area contributed by atoms with Crippen LogP contribution in [0, 0.1) is 13.8 Å². The van der Waals surface area contributed by atoms with E-state index < -0.39 is 11.6 Å². The molecule has 0 heterocycles. The molecule has 1 atom stereocenters. The largest absolute Gasteiger partial charge is 0.494 e. The van der Waals surface area contributed by atoms with Gasteiger partial charge in [-0.25, -0.2) is 9.59 Å². The number of aliphatic carboxylic acids is 1. The highest BCUT2D eigenvalue weighted by Gasteiger charge is 2.33. The van der Waals surface area contributed by atoms with Crippen molar-refractivity contribution in [2.75, 3.05) is 25.6 Å². The molecule has 0 radical (unpaired) electrons. The quantitative estimate of drug-likeness (QED) is 0.303. The summed E-state index contributed by atoms with van der Waals surface area (Å²) in [5.74, 6) is -0.315. The summed E-state index contributed by atoms with van der Waals surface area (Å²) in [5.41, 5.74) is 3.60. The summed E-state index contributed by atoms with van der Waals surface area (Å²) >= 11 is 0. The van der Waals surface area contributed by atoms with Crippen LogP contribution < -0.4 is 10.1 Å². The van der Waals surface area contributed by atoms with Gasteiger partial charge < -0.3 is 24.8 Å². The van der Waals surface area contributed by atoms with E-state index in [2.05, 4.69) is 11.4 Å². The predicted octanol–water partition coefficient (Wildman–Crippen LogP) is 5.84. The Bertz CT molecular complexity index is 1160. The van der Waals surface area contributed by atoms with Crippen molar-refractivity contribution in [2.45, 2.75) is 45.8 Å². The average Bonchev–Trinajstić information content (AvgIpc) is 2.86. The van der Waals surface area contributed by atoms with Crippen LogP contribution in [-0.4, -0.2) is 47.9 Å². The molecule has 0 saturated carbocycles. The normalized spacial score (nSPS) is 12.4. The van der Waals surface area contributed by atoms with Gasteiger partial charge >= 0.3 is 12.0 Å². The van der Waals surface area contributed by atoms with Crippen LogP contribution in [0.5, 0.6) is 5.75 Å². The van der Waals surface area contributed by atoms with Crippen molar-refractivity contribution >= 4 is 17.7 Å². The number of carbonyl (C=O) groups is 2. The third-order valence-electron chi connectivity index (χ3n) is 6.19.